The van der Waals surface area contributed by atoms with Gasteiger partial charge in [0, 0.05) is 10.7 Å². The SMILES string of the molecule is COc1cc(C(Nc2cccc(Cl)c2)C(N)=O)ccc1O. The third-order valence-corrected chi connectivity index (χ3v) is 3.19. The molecule has 5 nitrogen and oxygen atoms in total. The minimum Gasteiger partial charge on any atom is -0.504 e. The highest BCUT2D eigenvalue weighted by molar-refractivity contribution is 6.30. The zero-order valence-corrected chi connectivity index (χ0v) is 12.1. The van der Waals surface area contributed by atoms with E-state index < -0.39 is 11.9 Å². The lowest BCUT2D eigenvalue weighted by Crippen LogP contribution is -2.27. The van der Waals surface area contributed by atoms with Crippen molar-refractivity contribution in [2.45, 2.75) is 6.04 Å². The molecule has 0 saturated heterocycles. The normalized spacial score (nSPS) is 11.7. The van der Waals surface area contributed by atoms with E-state index >= 15 is 0 Å². The van der Waals surface area contributed by atoms with Gasteiger partial charge in [-0.15, -0.1) is 0 Å². The number of rotatable bonds is 5. The first-order chi connectivity index (χ1) is 10.0. The van der Waals surface area contributed by atoms with Crippen molar-refractivity contribution in [1.82, 2.24) is 0 Å². The number of hydrogen-bond acceptors (Lipinski definition) is 4. The average molecular weight is 307 g/mol. The van der Waals surface area contributed by atoms with Gasteiger partial charge in [0.2, 0.25) is 5.91 Å². The van der Waals surface area contributed by atoms with Gasteiger partial charge in [-0.3, -0.25) is 4.79 Å². The lowest BCUT2D eigenvalue weighted by molar-refractivity contribution is -0.118. The van der Waals surface area contributed by atoms with Crippen LogP contribution >= 0.6 is 11.6 Å². The molecule has 0 aromatic heterocycles. The lowest BCUT2D eigenvalue weighted by Gasteiger charge is -2.18. The number of aromatic hydroxyl groups is 1. The number of anilines is 1. The summed E-state index contributed by atoms with van der Waals surface area (Å²) in [6, 6.07) is 10.8. The first-order valence-electron chi connectivity index (χ1n) is 6.19. The van der Waals surface area contributed by atoms with E-state index in [0.717, 1.165) is 0 Å². The highest BCUT2D eigenvalue weighted by atomic mass is 35.5. The number of primary amides is 1. The number of methoxy groups -OCH3 is 1. The first kappa shape index (κ1) is 15.0. The Hall–Kier alpha value is -2.40. The molecule has 0 aliphatic carbocycles. The summed E-state index contributed by atoms with van der Waals surface area (Å²) in [6.45, 7) is 0. The van der Waals surface area contributed by atoms with E-state index in [1.54, 1.807) is 36.4 Å². The summed E-state index contributed by atoms with van der Waals surface area (Å²) in [7, 11) is 1.43. The van der Waals surface area contributed by atoms with Crippen LogP contribution in [0, 0.1) is 0 Å². The van der Waals surface area contributed by atoms with Crippen molar-refractivity contribution >= 4 is 23.2 Å². The van der Waals surface area contributed by atoms with Crippen LogP contribution in [0.3, 0.4) is 0 Å². The number of phenolic OH excluding ortho intramolecular Hbond substituents is 1. The predicted molar refractivity (Wildman–Crippen MR) is 81.7 cm³/mol. The Balaban J connectivity index is 2.33. The van der Waals surface area contributed by atoms with Crippen molar-refractivity contribution in [2.75, 3.05) is 12.4 Å². The Morgan fingerprint density at radius 3 is 2.71 bits per heavy atom. The van der Waals surface area contributed by atoms with Crippen LogP contribution in [-0.2, 0) is 4.79 Å². The minimum atomic E-state index is -0.766. The molecule has 0 saturated carbocycles. The summed E-state index contributed by atoms with van der Waals surface area (Å²) in [6.07, 6.45) is 0. The number of hydrogen-bond donors (Lipinski definition) is 3. The van der Waals surface area contributed by atoms with Gasteiger partial charge < -0.3 is 20.9 Å². The van der Waals surface area contributed by atoms with Crippen LogP contribution < -0.4 is 15.8 Å². The molecule has 0 aliphatic heterocycles. The lowest BCUT2D eigenvalue weighted by atomic mass is 10.1. The molecule has 1 amide bonds. The van der Waals surface area contributed by atoms with Gasteiger partial charge >= 0.3 is 0 Å². The maximum Gasteiger partial charge on any atom is 0.244 e. The molecule has 110 valence electrons. The molecule has 4 N–H and O–H groups in total. The van der Waals surface area contributed by atoms with E-state index in [0.29, 0.717) is 16.3 Å². The van der Waals surface area contributed by atoms with Gasteiger partial charge in [-0.25, -0.2) is 0 Å². The zero-order chi connectivity index (χ0) is 15.4. The van der Waals surface area contributed by atoms with Crippen LogP contribution in [0.5, 0.6) is 11.5 Å². The van der Waals surface area contributed by atoms with Crippen molar-refractivity contribution < 1.29 is 14.6 Å². The van der Waals surface area contributed by atoms with Crippen LogP contribution in [0.15, 0.2) is 42.5 Å². The molecular formula is C15H15ClN2O3. The quantitative estimate of drug-likeness (QED) is 0.793. The van der Waals surface area contributed by atoms with Crippen LogP contribution in [-0.4, -0.2) is 18.1 Å². The number of benzene rings is 2. The van der Waals surface area contributed by atoms with E-state index in [1.165, 1.54) is 13.2 Å². The zero-order valence-electron chi connectivity index (χ0n) is 11.3. The van der Waals surface area contributed by atoms with Gasteiger partial charge in [0.05, 0.1) is 7.11 Å². The van der Waals surface area contributed by atoms with Crippen molar-refractivity contribution in [1.29, 1.82) is 0 Å². The number of halogens is 1. The summed E-state index contributed by atoms with van der Waals surface area (Å²) in [5.41, 5.74) is 6.69. The fourth-order valence-electron chi connectivity index (χ4n) is 1.94. The molecule has 6 heteroatoms. The molecule has 0 spiro atoms. The van der Waals surface area contributed by atoms with Gasteiger partial charge in [-0.2, -0.15) is 0 Å². The van der Waals surface area contributed by atoms with Gasteiger partial charge in [-0.05, 0) is 35.9 Å². The number of phenols is 1. The summed E-state index contributed by atoms with van der Waals surface area (Å²) in [5, 5.41) is 13.2. The molecule has 1 atom stereocenters. The number of nitrogens with one attached hydrogen (secondary N) is 1. The Bertz CT molecular complexity index is 661. The fraction of sp³-hybridized carbons (Fsp3) is 0.133. The predicted octanol–water partition coefficient (Wildman–Crippen LogP) is 2.69. The van der Waals surface area contributed by atoms with Gasteiger partial charge in [0.1, 0.15) is 6.04 Å². The highest BCUT2D eigenvalue weighted by Crippen LogP contribution is 2.30. The van der Waals surface area contributed by atoms with Crippen LogP contribution in [0.25, 0.3) is 0 Å². The Kier molecular flexibility index (Phi) is 4.55. The van der Waals surface area contributed by atoms with Gasteiger partial charge in [0.25, 0.3) is 0 Å². The molecule has 0 radical (unpaired) electrons. The molecule has 2 rings (SSSR count). The molecule has 2 aromatic carbocycles. The molecular weight excluding hydrogens is 292 g/mol. The second kappa shape index (κ2) is 6.37. The van der Waals surface area contributed by atoms with E-state index in [2.05, 4.69) is 5.32 Å². The molecule has 21 heavy (non-hydrogen) atoms. The Morgan fingerprint density at radius 2 is 2.10 bits per heavy atom. The average Bonchev–Trinajstić information content (AvgIpc) is 2.45. The number of carbonyl (C=O) groups is 1. The second-order valence-electron chi connectivity index (χ2n) is 4.42. The Morgan fingerprint density at radius 1 is 1.33 bits per heavy atom. The third-order valence-electron chi connectivity index (χ3n) is 2.96. The number of carbonyl (C=O) groups excluding carboxylic acids is 1. The maximum atomic E-state index is 11.7. The fourth-order valence-corrected chi connectivity index (χ4v) is 2.13. The van der Waals surface area contributed by atoms with Gasteiger partial charge in [-0.1, -0.05) is 23.7 Å². The first-order valence-corrected chi connectivity index (χ1v) is 6.57. The van der Waals surface area contributed by atoms with Crippen LogP contribution in [0.2, 0.25) is 5.02 Å². The minimum absolute atomic E-state index is 0.00720. The van der Waals surface area contributed by atoms with E-state index in [9.17, 15) is 9.90 Å². The van der Waals surface area contributed by atoms with Gasteiger partial charge in [0.15, 0.2) is 11.5 Å². The van der Waals surface area contributed by atoms with Crippen LogP contribution in [0.1, 0.15) is 11.6 Å². The number of nitrogens with two attached hydrogens (primary N) is 1. The topological polar surface area (TPSA) is 84.6 Å². The third kappa shape index (κ3) is 3.58. The Labute approximate surface area is 127 Å². The summed E-state index contributed by atoms with van der Waals surface area (Å²) in [4.78, 5) is 11.7. The number of ether oxygens (including phenoxy) is 1. The molecule has 1 unspecified atom stereocenters. The molecule has 0 heterocycles. The molecule has 0 bridgehead atoms. The molecule has 2 aromatic rings. The molecule has 0 fully saturated rings. The number of amides is 1. The summed E-state index contributed by atoms with van der Waals surface area (Å²) in [5.74, 6) is -0.290. The van der Waals surface area contributed by atoms with Crippen molar-refractivity contribution in [3.63, 3.8) is 0 Å². The summed E-state index contributed by atoms with van der Waals surface area (Å²) >= 11 is 5.91. The van der Waals surface area contributed by atoms with Crippen molar-refractivity contribution in [2.24, 2.45) is 5.73 Å². The van der Waals surface area contributed by atoms with E-state index in [-0.39, 0.29) is 11.5 Å². The maximum absolute atomic E-state index is 11.7. The van der Waals surface area contributed by atoms with E-state index in [4.69, 9.17) is 22.1 Å². The smallest absolute Gasteiger partial charge is 0.244 e. The standard InChI is InChI=1S/C15H15ClN2O3/c1-21-13-7-9(5-6-12(13)19)14(15(17)20)18-11-4-2-3-10(16)8-11/h2-8,14,18-19H,1H3,(H2,17,20). The molecule has 0 aliphatic rings. The largest absolute Gasteiger partial charge is 0.504 e. The van der Waals surface area contributed by atoms with Crippen LogP contribution in [0.4, 0.5) is 5.69 Å². The van der Waals surface area contributed by atoms with E-state index in [1.807, 2.05) is 0 Å². The highest BCUT2D eigenvalue weighted by Gasteiger charge is 2.19. The van der Waals surface area contributed by atoms with Crippen molar-refractivity contribution in [3.05, 3.63) is 53.1 Å². The summed E-state index contributed by atoms with van der Waals surface area (Å²) < 4.78 is 5.03. The monoisotopic (exact) mass is 306 g/mol. The second-order valence-corrected chi connectivity index (χ2v) is 4.86. The van der Waals surface area contributed by atoms with Crippen molar-refractivity contribution in [3.8, 4) is 11.5 Å².